The molecule has 1 fully saturated rings. The average molecular weight is 357 g/mol. The predicted octanol–water partition coefficient (Wildman–Crippen LogP) is 0.562. The van der Waals surface area contributed by atoms with Gasteiger partial charge in [-0.2, -0.15) is 4.98 Å². The van der Waals surface area contributed by atoms with Gasteiger partial charge in [0.2, 0.25) is 5.95 Å². The van der Waals surface area contributed by atoms with Gasteiger partial charge in [-0.05, 0) is 13.8 Å². The van der Waals surface area contributed by atoms with Crippen LogP contribution in [0.2, 0.25) is 0 Å². The van der Waals surface area contributed by atoms with E-state index in [-0.39, 0.29) is 5.91 Å². The van der Waals surface area contributed by atoms with Crippen molar-refractivity contribution in [1.82, 2.24) is 25.3 Å². The number of hydrogen-bond acceptors (Lipinski definition) is 8. The van der Waals surface area contributed by atoms with Gasteiger partial charge in [-0.3, -0.25) is 9.78 Å². The van der Waals surface area contributed by atoms with Gasteiger partial charge in [0.1, 0.15) is 11.5 Å². The second-order valence-corrected chi connectivity index (χ2v) is 6.02. The monoisotopic (exact) mass is 357 g/mol. The van der Waals surface area contributed by atoms with Crippen molar-refractivity contribution in [2.45, 2.75) is 13.8 Å². The summed E-state index contributed by atoms with van der Waals surface area (Å²) in [5.41, 5.74) is 1.97. The summed E-state index contributed by atoms with van der Waals surface area (Å²) in [6.45, 7) is 7.77. The summed E-state index contributed by atoms with van der Waals surface area (Å²) in [6.07, 6.45) is 3.04. The maximum Gasteiger partial charge on any atom is 0.271 e. The molecule has 0 aromatic carbocycles. The fraction of sp³-hybridized carbons (Fsp3) is 0.471. The Morgan fingerprint density at radius 1 is 1.12 bits per heavy atom. The number of morpholine rings is 1. The van der Waals surface area contributed by atoms with Crippen molar-refractivity contribution in [1.29, 1.82) is 0 Å². The van der Waals surface area contributed by atoms with Gasteiger partial charge in [-0.1, -0.05) is 0 Å². The largest absolute Gasteiger partial charge is 0.378 e. The van der Waals surface area contributed by atoms with Crippen molar-refractivity contribution in [2.75, 3.05) is 49.6 Å². The number of aryl methyl sites for hydroxylation is 2. The summed E-state index contributed by atoms with van der Waals surface area (Å²) in [7, 11) is 0. The molecular formula is C17H23N7O2. The quantitative estimate of drug-likeness (QED) is 0.723. The Balaban J connectivity index is 1.50. The minimum absolute atomic E-state index is 0.251. The van der Waals surface area contributed by atoms with Crippen LogP contribution in [0.25, 0.3) is 0 Å². The second kappa shape index (κ2) is 8.52. The van der Waals surface area contributed by atoms with Crippen LogP contribution < -0.4 is 15.5 Å². The van der Waals surface area contributed by atoms with E-state index in [0.717, 1.165) is 30.3 Å². The zero-order valence-electron chi connectivity index (χ0n) is 15.0. The van der Waals surface area contributed by atoms with E-state index in [9.17, 15) is 4.79 Å². The zero-order valence-corrected chi connectivity index (χ0v) is 15.0. The topological polar surface area (TPSA) is 105 Å². The fourth-order valence-electron chi connectivity index (χ4n) is 2.54. The highest BCUT2D eigenvalue weighted by Crippen LogP contribution is 2.16. The Morgan fingerprint density at radius 2 is 1.92 bits per heavy atom. The Bertz CT molecular complexity index is 745. The fourth-order valence-corrected chi connectivity index (χ4v) is 2.54. The van der Waals surface area contributed by atoms with E-state index >= 15 is 0 Å². The summed E-state index contributed by atoms with van der Waals surface area (Å²) in [6, 6.07) is 1.97. The number of carbonyl (C=O) groups is 1. The number of hydrogen-bond donors (Lipinski definition) is 2. The predicted molar refractivity (Wildman–Crippen MR) is 97.4 cm³/mol. The molecule has 3 heterocycles. The number of carbonyl (C=O) groups excluding carboxylic acids is 1. The van der Waals surface area contributed by atoms with E-state index in [1.807, 2.05) is 19.9 Å². The third kappa shape index (κ3) is 4.85. The Labute approximate surface area is 152 Å². The number of amides is 1. The van der Waals surface area contributed by atoms with Gasteiger partial charge in [0.25, 0.3) is 5.91 Å². The van der Waals surface area contributed by atoms with Gasteiger partial charge in [0.05, 0.1) is 25.1 Å². The number of anilines is 2. The smallest absolute Gasteiger partial charge is 0.271 e. The van der Waals surface area contributed by atoms with Crippen molar-refractivity contribution in [3.05, 3.63) is 35.5 Å². The number of rotatable bonds is 6. The lowest BCUT2D eigenvalue weighted by atomic mass is 10.3. The molecule has 0 bridgehead atoms. The van der Waals surface area contributed by atoms with Crippen molar-refractivity contribution >= 4 is 17.7 Å². The van der Waals surface area contributed by atoms with E-state index in [4.69, 9.17) is 4.74 Å². The molecule has 1 saturated heterocycles. The first-order chi connectivity index (χ1) is 12.6. The molecule has 26 heavy (non-hydrogen) atoms. The minimum atomic E-state index is -0.251. The van der Waals surface area contributed by atoms with E-state index < -0.39 is 0 Å². The Morgan fingerprint density at radius 3 is 2.65 bits per heavy atom. The molecular weight excluding hydrogens is 334 g/mol. The summed E-state index contributed by atoms with van der Waals surface area (Å²) >= 11 is 0. The third-order valence-electron chi connectivity index (χ3n) is 3.88. The number of nitrogens with zero attached hydrogens (tertiary/aromatic N) is 5. The molecule has 9 heteroatoms. The standard InChI is InChI=1S/C17H23N7O2/c1-12-9-15(24-5-7-26-8-6-24)23-17(22-12)19-4-3-18-16(25)14-11-20-13(2)10-21-14/h9-11H,3-8H2,1-2H3,(H,18,25)(H,19,22,23). The van der Waals surface area contributed by atoms with E-state index in [2.05, 4.69) is 35.5 Å². The highest BCUT2D eigenvalue weighted by atomic mass is 16.5. The molecule has 1 aliphatic heterocycles. The molecule has 138 valence electrons. The lowest BCUT2D eigenvalue weighted by Gasteiger charge is -2.28. The van der Waals surface area contributed by atoms with Crippen LogP contribution >= 0.6 is 0 Å². The molecule has 0 saturated carbocycles. The molecule has 1 amide bonds. The zero-order chi connectivity index (χ0) is 18.4. The van der Waals surface area contributed by atoms with Crippen molar-refractivity contribution < 1.29 is 9.53 Å². The van der Waals surface area contributed by atoms with Gasteiger partial charge in [0.15, 0.2) is 0 Å². The van der Waals surface area contributed by atoms with Crippen LogP contribution in [0, 0.1) is 13.8 Å². The number of ether oxygens (including phenoxy) is 1. The van der Waals surface area contributed by atoms with Crippen LogP contribution in [0.3, 0.4) is 0 Å². The van der Waals surface area contributed by atoms with Gasteiger partial charge < -0.3 is 20.3 Å². The van der Waals surface area contributed by atoms with Crippen molar-refractivity contribution in [2.24, 2.45) is 0 Å². The van der Waals surface area contributed by atoms with Crippen LogP contribution in [0.4, 0.5) is 11.8 Å². The molecule has 2 aromatic heterocycles. The highest BCUT2D eigenvalue weighted by molar-refractivity contribution is 5.91. The molecule has 3 rings (SSSR count). The molecule has 0 radical (unpaired) electrons. The van der Waals surface area contributed by atoms with Crippen LogP contribution in [0.1, 0.15) is 21.9 Å². The van der Waals surface area contributed by atoms with Gasteiger partial charge >= 0.3 is 0 Å². The first-order valence-electron chi connectivity index (χ1n) is 8.61. The van der Waals surface area contributed by atoms with Crippen molar-refractivity contribution in [3.63, 3.8) is 0 Å². The lowest BCUT2D eigenvalue weighted by molar-refractivity contribution is 0.0949. The average Bonchev–Trinajstić information content (AvgIpc) is 2.66. The molecule has 0 atom stereocenters. The lowest BCUT2D eigenvalue weighted by Crippen LogP contribution is -2.37. The van der Waals surface area contributed by atoms with Gasteiger partial charge in [-0.15, -0.1) is 0 Å². The third-order valence-corrected chi connectivity index (χ3v) is 3.88. The molecule has 0 unspecified atom stereocenters. The molecule has 2 N–H and O–H groups in total. The van der Waals surface area contributed by atoms with E-state index in [0.29, 0.717) is 37.9 Å². The molecule has 0 aliphatic carbocycles. The highest BCUT2D eigenvalue weighted by Gasteiger charge is 2.14. The maximum atomic E-state index is 12.0. The number of aromatic nitrogens is 4. The van der Waals surface area contributed by atoms with Crippen molar-refractivity contribution in [3.8, 4) is 0 Å². The Hall–Kier alpha value is -2.81. The van der Waals surface area contributed by atoms with Gasteiger partial charge in [0, 0.05) is 44.1 Å². The second-order valence-electron chi connectivity index (χ2n) is 6.02. The summed E-state index contributed by atoms with van der Waals surface area (Å²) in [4.78, 5) is 31.2. The molecule has 2 aromatic rings. The first kappa shape index (κ1) is 18.0. The summed E-state index contributed by atoms with van der Waals surface area (Å²) < 4.78 is 5.38. The SMILES string of the molecule is Cc1cnc(C(=O)NCCNc2nc(C)cc(N3CCOCC3)n2)cn1. The summed E-state index contributed by atoms with van der Waals surface area (Å²) in [5.74, 6) is 1.19. The van der Waals surface area contributed by atoms with Gasteiger partial charge in [-0.25, -0.2) is 9.97 Å². The van der Waals surface area contributed by atoms with Crippen LogP contribution in [0.15, 0.2) is 18.5 Å². The molecule has 0 spiro atoms. The molecule has 1 aliphatic rings. The van der Waals surface area contributed by atoms with E-state index in [1.165, 1.54) is 6.20 Å². The first-order valence-corrected chi connectivity index (χ1v) is 8.61. The molecule has 9 nitrogen and oxygen atoms in total. The Kier molecular flexibility index (Phi) is 5.90. The minimum Gasteiger partial charge on any atom is -0.378 e. The van der Waals surface area contributed by atoms with E-state index in [1.54, 1.807) is 6.20 Å². The van der Waals surface area contributed by atoms with Crippen LogP contribution in [-0.2, 0) is 4.74 Å². The van der Waals surface area contributed by atoms with Crippen LogP contribution in [-0.4, -0.2) is 65.2 Å². The summed E-state index contributed by atoms with van der Waals surface area (Å²) in [5, 5.41) is 5.94. The maximum absolute atomic E-state index is 12.0. The normalized spacial score (nSPS) is 14.2. The van der Waals surface area contributed by atoms with Crippen LogP contribution in [0.5, 0.6) is 0 Å². The number of nitrogens with one attached hydrogen (secondary N) is 2.